The lowest BCUT2D eigenvalue weighted by molar-refractivity contribution is -0.142. The van der Waals surface area contributed by atoms with Gasteiger partial charge in [-0.1, -0.05) is 0 Å². The fourth-order valence-electron chi connectivity index (χ4n) is 1.11. The van der Waals surface area contributed by atoms with E-state index >= 15 is 0 Å². The van der Waals surface area contributed by atoms with Crippen molar-refractivity contribution in [2.24, 2.45) is 11.7 Å². The Morgan fingerprint density at radius 2 is 2.00 bits per heavy atom. The highest BCUT2D eigenvalue weighted by molar-refractivity contribution is 7.90. The van der Waals surface area contributed by atoms with Crippen LogP contribution in [0.5, 0.6) is 0 Å². The third-order valence-electron chi connectivity index (χ3n) is 1.94. The lowest BCUT2D eigenvalue weighted by atomic mass is 10.0. The zero-order valence-corrected chi connectivity index (χ0v) is 9.09. The van der Waals surface area contributed by atoms with Gasteiger partial charge in [-0.25, -0.2) is 8.42 Å². The molecule has 5 nitrogen and oxygen atoms in total. The van der Waals surface area contributed by atoms with E-state index in [-0.39, 0.29) is 12.2 Å². The third-order valence-corrected chi connectivity index (χ3v) is 2.92. The van der Waals surface area contributed by atoms with Crippen LogP contribution in [0.4, 0.5) is 0 Å². The Hall–Kier alpha value is -0.620. The van der Waals surface area contributed by atoms with E-state index in [9.17, 15) is 13.2 Å². The second-order valence-electron chi connectivity index (χ2n) is 3.38. The normalized spacial score (nSPS) is 13.9. The number of carbonyl (C=O) groups is 1. The summed E-state index contributed by atoms with van der Waals surface area (Å²) in [5.41, 5.74) is 5.25. The maximum atomic E-state index is 10.8. The van der Waals surface area contributed by atoms with E-state index in [0.29, 0.717) is 19.4 Å². The molecule has 0 aromatic carbocycles. The van der Waals surface area contributed by atoms with Gasteiger partial charge >= 0.3 is 5.97 Å². The van der Waals surface area contributed by atoms with Crippen LogP contribution in [-0.4, -0.2) is 38.0 Å². The highest BCUT2D eigenvalue weighted by atomic mass is 32.2. The maximum absolute atomic E-state index is 10.8. The van der Waals surface area contributed by atoms with Gasteiger partial charge in [0, 0.05) is 6.26 Å². The average molecular weight is 223 g/mol. The molecule has 0 heterocycles. The molecule has 1 unspecified atom stereocenters. The number of carboxylic acid groups (broad SMARTS) is 1. The Morgan fingerprint density at radius 1 is 1.43 bits per heavy atom. The zero-order chi connectivity index (χ0) is 11.2. The summed E-state index contributed by atoms with van der Waals surface area (Å²) in [6.07, 6.45) is 2.34. The molecule has 1 atom stereocenters. The molecule has 0 aromatic heterocycles. The molecule has 0 spiro atoms. The van der Waals surface area contributed by atoms with E-state index in [1.807, 2.05) is 0 Å². The molecule has 0 aliphatic rings. The van der Waals surface area contributed by atoms with Gasteiger partial charge in [-0.05, 0) is 25.8 Å². The molecule has 6 heteroatoms. The van der Waals surface area contributed by atoms with Crippen LogP contribution in [0.15, 0.2) is 0 Å². The minimum absolute atomic E-state index is 0.0749. The summed E-state index contributed by atoms with van der Waals surface area (Å²) in [6.45, 7) is 0.433. The van der Waals surface area contributed by atoms with E-state index in [0.717, 1.165) is 6.26 Å². The van der Waals surface area contributed by atoms with Crippen molar-refractivity contribution in [3.05, 3.63) is 0 Å². The molecule has 0 aliphatic carbocycles. The minimum atomic E-state index is -3.07. The summed E-state index contributed by atoms with van der Waals surface area (Å²) >= 11 is 0. The van der Waals surface area contributed by atoms with Gasteiger partial charge in [-0.15, -0.1) is 0 Å². The van der Waals surface area contributed by atoms with Crippen LogP contribution >= 0.6 is 0 Å². The molecule has 3 N–H and O–H groups in total. The van der Waals surface area contributed by atoms with Crippen molar-refractivity contribution in [3.63, 3.8) is 0 Å². The van der Waals surface area contributed by atoms with Crippen LogP contribution < -0.4 is 5.73 Å². The molecule has 0 amide bonds. The Labute approximate surface area is 84.2 Å². The third kappa shape index (κ3) is 6.85. The first-order chi connectivity index (χ1) is 6.37. The average Bonchev–Trinajstić information content (AvgIpc) is 2.01. The predicted octanol–water partition coefficient (Wildman–Crippen LogP) is -0.139. The largest absolute Gasteiger partial charge is 0.481 e. The van der Waals surface area contributed by atoms with E-state index < -0.39 is 21.7 Å². The van der Waals surface area contributed by atoms with Gasteiger partial charge in [-0.2, -0.15) is 0 Å². The van der Waals surface area contributed by atoms with E-state index in [1.165, 1.54) is 0 Å². The second-order valence-corrected chi connectivity index (χ2v) is 5.64. The number of rotatable bonds is 7. The maximum Gasteiger partial charge on any atom is 0.306 e. The first-order valence-electron chi connectivity index (χ1n) is 4.47. The molecule has 0 radical (unpaired) electrons. The molecule has 0 saturated carbocycles. The summed E-state index contributed by atoms with van der Waals surface area (Å²) in [5, 5.41) is 8.76. The lowest BCUT2D eigenvalue weighted by Gasteiger charge is -2.10. The number of carboxylic acids is 1. The summed E-state index contributed by atoms with van der Waals surface area (Å²) < 4.78 is 21.6. The van der Waals surface area contributed by atoms with E-state index in [1.54, 1.807) is 0 Å². The molecular weight excluding hydrogens is 206 g/mol. The first-order valence-corrected chi connectivity index (χ1v) is 6.53. The van der Waals surface area contributed by atoms with Crippen LogP contribution in [-0.2, 0) is 14.6 Å². The van der Waals surface area contributed by atoms with Gasteiger partial charge in [-0.3, -0.25) is 4.79 Å². The smallest absolute Gasteiger partial charge is 0.306 e. The molecule has 0 fully saturated rings. The van der Waals surface area contributed by atoms with Crippen molar-refractivity contribution in [2.45, 2.75) is 19.3 Å². The fraction of sp³-hybridized carbons (Fsp3) is 0.875. The molecule has 14 heavy (non-hydrogen) atoms. The van der Waals surface area contributed by atoms with Crippen LogP contribution in [0, 0.1) is 5.92 Å². The molecule has 0 bridgehead atoms. The van der Waals surface area contributed by atoms with Crippen molar-refractivity contribution in [1.82, 2.24) is 0 Å². The second kappa shape index (κ2) is 5.98. The standard InChI is InChI=1S/C8H17NO4S/c1-14(12,13)6-4-7(8(10)11)3-2-5-9/h7H,2-6,9H2,1H3,(H,10,11). The Balaban J connectivity index is 4.04. The Kier molecular flexibility index (Phi) is 5.71. The highest BCUT2D eigenvalue weighted by Gasteiger charge is 2.18. The molecule has 84 valence electrons. The van der Waals surface area contributed by atoms with Gasteiger partial charge in [0.15, 0.2) is 0 Å². The summed E-state index contributed by atoms with van der Waals surface area (Å²) in [4.78, 5) is 10.7. The van der Waals surface area contributed by atoms with Gasteiger partial charge < -0.3 is 10.8 Å². The van der Waals surface area contributed by atoms with Gasteiger partial charge in [0.2, 0.25) is 0 Å². The van der Waals surface area contributed by atoms with Crippen molar-refractivity contribution in [3.8, 4) is 0 Å². The highest BCUT2D eigenvalue weighted by Crippen LogP contribution is 2.12. The fourth-order valence-corrected chi connectivity index (χ4v) is 1.82. The zero-order valence-electron chi connectivity index (χ0n) is 8.27. The topological polar surface area (TPSA) is 97.5 Å². The van der Waals surface area contributed by atoms with Crippen molar-refractivity contribution in [2.75, 3.05) is 18.6 Å². The number of aliphatic carboxylic acids is 1. The number of hydrogen-bond acceptors (Lipinski definition) is 4. The molecule has 0 aliphatic heterocycles. The Bertz CT molecular complexity index is 273. The number of hydrogen-bond donors (Lipinski definition) is 2. The molecule has 0 saturated heterocycles. The summed E-state index contributed by atoms with van der Waals surface area (Å²) in [7, 11) is -3.07. The van der Waals surface area contributed by atoms with Gasteiger partial charge in [0.1, 0.15) is 9.84 Å². The van der Waals surface area contributed by atoms with Crippen molar-refractivity contribution in [1.29, 1.82) is 0 Å². The monoisotopic (exact) mass is 223 g/mol. The van der Waals surface area contributed by atoms with Crippen LogP contribution in [0.25, 0.3) is 0 Å². The molecule has 0 rings (SSSR count). The predicted molar refractivity (Wildman–Crippen MR) is 53.7 cm³/mol. The van der Waals surface area contributed by atoms with Crippen molar-refractivity contribution >= 4 is 15.8 Å². The number of nitrogens with two attached hydrogens (primary N) is 1. The Morgan fingerprint density at radius 3 is 2.36 bits per heavy atom. The van der Waals surface area contributed by atoms with Gasteiger partial charge in [0.05, 0.1) is 11.7 Å². The molecule has 0 aromatic rings. The van der Waals surface area contributed by atoms with Crippen LogP contribution in [0.2, 0.25) is 0 Å². The van der Waals surface area contributed by atoms with E-state index in [2.05, 4.69) is 0 Å². The van der Waals surface area contributed by atoms with Crippen LogP contribution in [0.3, 0.4) is 0 Å². The summed E-state index contributed by atoms with van der Waals surface area (Å²) in [6, 6.07) is 0. The quantitative estimate of drug-likeness (QED) is 0.626. The SMILES string of the molecule is CS(=O)(=O)CCC(CCCN)C(=O)O. The molecular formula is C8H17NO4S. The van der Waals surface area contributed by atoms with Gasteiger partial charge in [0.25, 0.3) is 0 Å². The summed E-state index contributed by atoms with van der Waals surface area (Å²) in [5.74, 6) is -1.61. The number of sulfone groups is 1. The first kappa shape index (κ1) is 13.4. The van der Waals surface area contributed by atoms with E-state index in [4.69, 9.17) is 10.8 Å². The van der Waals surface area contributed by atoms with Crippen LogP contribution in [0.1, 0.15) is 19.3 Å². The minimum Gasteiger partial charge on any atom is -0.481 e. The van der Waals surface area contributed by atoms with Crippen molar-refractivity contribution < 1.29 is 18.3 Å². The lowest BCUT2D eigenvalue weighted by Crippen LogP contribution is -2.19.